The predicted octanol–water partition coefficient (Wildman–Crippen LogP) is 6.74. The molecule has 4 rings (SSSR count). The molecule has 8 nitrogen and oxygen atoms in total. The molecule has 0 radical (unpaired) electrons. The second-order valence-electron chi connectivity index (χ2n) is 9.36. The van der Waals surface area contributed by atoms with Crippen molar-refractivity contribution in [1.82, 2.24) is 4.98 Å². The monoisotopic (exact) mass is 540 g/mol. The first kappa shape index (κ1) is 26.2. The van der Waals surface area contributed by atoms with Gasteiger partial charge in [0.2, 0.25) is 0 Å². The summed E-state index contributed by atoms with van der Waals surface area (Å²) in [6.45, 7) is 5.23. The molecule has 0 aliphatic heterocycles. The van der Waals surface area contributed by atoms with E-state index < -0.39 is 27.3 Å². The van der Waals surface area contributed by atoms with Gasteiger partial charge in [-0.15, -0.1) is 11.3 Å². The van der Waals surface area contributed by atoms with Crippen molar-refractivity contribution < 1.29 is 22.9 Å². The molecule has 0 bridgehead atoms. The van der Waals surface area contributed by atoms with Crippen LogP contribution in [-0.2, 0) is 14.5 Å². The van der Waals surface area contributed by atoms with Crippen LogP contribution in [0.15, 0.2) is 65.8 Å². The number of benzene rings is 2. The van der Waals surface area contributed by atoms with Gasteiger partial charge in [-0.2, -0.15) is 0 Å². The highest BCUT2D eigenvalue weighted by Crippen LogP contribution is 2.32. The summed E-state index contributed by atoms with van der Waals surface area (Å²) in [4.78, 5) is 30.1. The Balaban J connectivity index is 1.68. The number of hydrogen-bond donors (Lipinski definition) is 3. The summed E-state index contributed by atoms with van der Waals surface area (Å²) in [6.07, 6.45) is 2.09. The number of carbonyl (C=O) groups is 2. The van der Waals surface area contributed by atoms with Gasteiger partial charge in [0, 0.05) is 22.5 Å². The van der Waals surface area contributed by atoms with E-state index in [-0.39, 0.29) is 10.8 Å². The van der Waals surface area contributed by atoms with Gasteiger partial charge in [-0.1, -0.05) is 18.2 Å². The standard InChI is InChI=1S/C26H25FN4O4S2/c1-26(2,3)35-25(33)31-19-10-7-16(15-5-8-18(27)9-6-15)11-20(19)30-24(32)22-12-17-14-29-23(37(4,28)34)13-21(17)36-22/h5-14,28H,1-4H3,(H,30,32)(H,31,33). The fourth-order valence-corrected chi connectivity index (χ4v) is 5.05. The first-order valence-electron chi connectivity index (χ1n) is 11.1. The Bertz CT molecular complexity index is 1610. The number of thiophene rings is 1. The number of anilines is 2. The molecule has 0 spiro atoms. The fraction of sp³-hybridized carbons (Fsp3) is 0.192. The van der Waals surface area contributed by atoms with E-state index in [1.807, 2.05) is 0 Å². The van der Waals surface area contributed by atoms with E-state index in [0.29, 0.717) is 31.9 Å². The van der Waals surface area contributed by atoms with E-state index in [1.165, 1.54) is 35.9 Å². The third-order valence-corrected chi connectivity index (χ3v) is 7.20. The molecule has 11 heteroatoms. The van der Waals surface area contributed by atoms with E-state index in [9.17, 15) is 18.2 Å². The lowest BCUT2D eigenvalue weighted by Crippen LogP contribution is -2.27. The van der Waals surface area contributed by atoms with Gasteiger partial charge in [-0.25, -0.2) is 23.2 Å². The molecule has 2 amide bonds. The molecule has 0 saturated carbocycles. The van der Waals surface area contributed by atoms with E-state index in [1.54, 1.807) is 63.2 Å². The van der Waals surface area contributed by atoms with Crippen molar-refractivity contribution in [2.75, 3.05) is 16.9 Å². The Morgan fingerprint density at radius 2 is 1.68 bits per heavy atom. The van der Waals surface area contributed by atoms with Crippen molar-refractivity contribution in [2.24, 2.45) is 0 Å². The first-order chi connectivity index (χ1) is 17.3. The Morgan fingerprint density at radius 1 is 1.00 bits per heavy atom. The summed E-state index contributed by atoms with van der Waals surface area (Å²) in [7, 11) is -3.00. The highest BCUT2D eigenvalue weighted by atomic mass is 32.2. The number of hydrogen-bond acceptors (Lipinski definition) is 7. The van der Waals surface area contributed by atoms with E-state index in [0.717, 1.165) is 5.56 Å². The first-order valence-corrected chi connectivity index (χ1v) is 13.9. The minimum absolute atomic E-state index is 0.143. The van der Waals surface area contributed by atoms with Gasteiger partial charge in [0.25, 0.3) is 5.91 Å². The topological polar surface area (TPSA) is 121 Å². The molecule has 192 valence electrons. The number of nitrogens with one attached hydrogen (secondary N) is 3. The molecular formula is C26H25FN4O4S2. The lowest BCUT2D eigenvalue weighted by atomic mass is 10.0. The van der Waals surface area contributed by atoms with Crippen LogP contribution >= 0.6 is 11.3 Å². The summed E-state index contributed by atoms with van der Waals surface area (Å²) < 4.78 is 39.2. The van der Waals surface area contributed by atoms with Crippen LogP contribution in [0.5, 0.6) is 0 Å². The molecule has 1 unspecified atom stereocenters. The van der Waals surface area contributed by atoms with E-state index in [2.05, 4.69) is 15.6 Å². The Hall–Kier alpha value is -3.83. The lowest BCUT2D eigenvalue weighted by Gasteiger charge is -2.21. The SMILES string of the molecule is CC(C)(C)OC(=O)Nc1ccc(-c2ccc(F)cc2)cc1NC(=O)c1cc2cnc(S(C)(=N)=O)cc2s1. The second kappa shape index (κ2) is 9.91. The summed E-state index contributed by atoms with van der Waals surface area (Å²) in [5, 5.41) is 6.32. The van der Waals surface area contributed by atoms with Crippen molar-refractivity contribution in [1.29, 1.82) is 4.78 Å². The number of fused-ring (bicyclic) bond motifs is 1. The smallest absolute Gasteiger partial charge is 0.412 e. The Morgan fingerprint density at radius 3 is 2.32 bits per heavy atom. The quantitative estimate of drug-likeness (QED) is 0.259. The largest absolute Gasteiger partial charge is 0.444 e. The molecule has 1 atom stereocenters. The number of aromatic nitrogens is 1. The van der Waals surface area contributed by atoms with Crippen LogP contribution < -0.4 is 10.6 Å². The number of nitrogens with zero attached hydrogens (tertiary/aromatic N) is 1. The maximum Gasteiger partial charge on any atom is 0.412 e. The third-order valence-electron chi connectivity index (χ3n) is 5.08. The molecule has 37 heavy (non-hydrogen) atoms. The maximum absolute atomic E-state index is 13.4. The van der Waals surface area contributed by atoms with Gasteiger partial charge in [-0.3, -0.25) is 10.1 Å². The van der Waals surface area contributed by atoms with Crippen LogP contribution in [0.3, 0.4) is 0 Å². The van der Waals surface area contributed by atoms with Gasteiger partial charge in [0.05, 0.1) is 26.0 Å². The minimum Gasteiger partial charge on any atom is -0.444 e. The molecule has 0 saturated heterocycles. The molecule has 2 heterocycles. The number of rotatable bonds is 5. The summed E-state index contributed by atoms with van der Waals surface area (Å²) in [5.41, 5.74) is 1.34. The lowest BCUT2D eigenvalue weighted by molar-refractivity contribution is 0.0635. The van der Waals surface area contributed by atoms with Crippen molar-refractivity contribution in [3.8, 4) is 11.1 Å². The van der Waals surface area contributed by atoms with Gasteiger partial charge >= 0.3 is 6.09 Å². The number of pyridine rings is 1. The van der Waals surface area contributed by atoms with Gasteiger partial charge in [-0.05, 0) is 68.3 Å². The zero-order chi connectivity index (χ0) is 27.0. The Labute approximate surface area is 217 Å². The Kier molecular flexibility index (Phi) is 7.03. The van der Waals surface area contributed by atoms with Gasteiger partial charge in [0.1, 0.15) is 16.4 Å². The third kappa shape index (κ3) is 6.49. The van der Waals surface area contributed by atoms with E-state index in [4.69, 9.17) is 9.52 Å². The number of amides is 2. The van der Waals surface area contributed by atoms with Crippen molar-refractivity contribution in [2.45, 2.75) is 31.4 Å². The number of halogens is 1. The molecule has 2 aromatic heterocycles. The van der Waals surface area contributed by atoms with Crippen molar-refractivity contribution >= 4 is 54.5 Å². The zero-order valence-corrected chi connectivity index (χ0v) is 22.2. The van der Waals surface area contributed by atoms with Gasteiger partial charge < -0.3 is 10.1 Å². The highest BCUT2D eigenvalue weighted by molar-refractivity contribution is 7.91. The van der Waals surface area contributed by atoms with Crippen molar-refractivity contribution in [3.63, 3.8) is 0 Å². The summed E-state index contributed by atoms with van der Waals surface area (Å²) in [5.74, 6) is -0.804. The van der Waals surface area contributed by atoms with Crippen LogP contribution in [0.25, 0.3) is 21.2 Å². The van der Waals surface area contributed by atoms with Crippen LogP contribution in [0, 0.1) is 10.6 Å². The average molecular weight is 541 g/mol. The minimum atomic E-state index is -3.00. The number of carbonyl (C=O) groups excluding carboxylic acids is 2. The molecule has 0 fully saturated rings. The molecular weight excluding hydrogens is 515 g/mol. The van der Waals surface area contributed by atoms with Crippen LogP contribution in [0.1, 0.15) is 30.4 Å². The highest BCUT2D eigenvalue weighted by Gasteiger charge is 2.19. The number of ether oxygens (including phenoxy) is 1. The molecule has 3 N–H and O–H groups in total. The van der Waals surface area contributed by atoms with Gasteiger partial charge in [0.15, 0.2) is 0 Å². The maximum atomic E-state index is 13.4. The molecule has 0 aliphatic carbocycles. The van der Waals surface area contributed by atoms with Crippen LogP contribution in [0.2, 0.25) is 0 Å². The van der Waals surface area contributed by atoms with Crippen molar-refractivity contribution in [3.05, 3.63) is 71.5 Å². The zero-order valence-electron chi connectivity index (χ0n) is 20.5. The second-order valence-corrected chi connectivity index (χ2v) is 12.6. The summed E-state index contributed by atoms with van der Waals surface area (Å²) in [6, 6.07) is 14.2. The predicted molar refractivity (Wildman–Crippen MR) is 144 cm³/mol. The van der Waals surface area contributed by atoms with Crippen LogP contribution in [0.4, 0.5) is 20.6 Å². The summed E-state index contributed by atoms with van der Waals surface area (Å²) >= 11 is 1.17. The molecule has 4 aromatic rings. The molecule has 2 aromatic carbocycles. The fourth-order valence-electron chi connectivity index (χ4n) is 3.42. The van der Waals surface area contributed by atoms with Crippen LogP contribution in [-0.4, -0.2) is 33.1 Å². The molecule has 0 aliphatic rings. The van der Waals surface area contributed by atoms with E-state index >= 15 is 0 Å². The average Bonchev–Trinajstić information content (AvgIpc) is 3.23. The normalized spacial score (nSPS) is 13.1.